The molecule has 2 aliphatic heterocycles. The van der Waals surface area contributed by atoms with Gasteiger partial charge in [-0.1, -0.05) is 0 Å². The number of aliphatic hydroxyl groups is 1. The largest absolute Gasteiger partial charge is 0.391 e. The van der Waals surface area contributed by atoms with E-state index in [1.807, 2.05) is 0 Å². The van der Waals surface area contributed by atoms with E-state index in [0.717, 1.165) is 31.4 Å². The summed E-state index contributed by atoms with van der Waals surface area (Å²) < 4.78 is 5.30. The molecule has 2 fully saturated rings. The lowest BCUT2D eigenvalue weighted by Gasteiger charge is -2.24. The van der Waals surface area contributed by atoms with Gasteiger partial charge in [0.05, 0.1) is 31.1 Å². The number of fused-ring (bicyclic) bond motifs is 1. The van der Waals surface area contributed by atoms with E-state index in [0.29, 0.717) is 13.2 Å². The van der Waals surface area contributed by atoms with E-state index in [-0.39, 0.29) is 17.9 Å². The Morgan fingerprint density at radius 3 is 3.00 bits per heavy atom. The van der Waals surface area contributed by atoms with Crippen molar-refractivity contribution >= 4 is 11.6 Å². The van der Waals surface area contributed by atoms with Crippen molar-refractivity contribution in [1.82, 2.24) is 5.01 Å². The number of ether oxygens (including phenoxy) is 1. The number of carbonyl (C=O) groups excluding carboxylic acids is 1. The van der Waals surface area contributed by atoms with Crippen LogP contribution in [0.5, 0.6) is 0 Å². The van der Waals surface area contributed by atoms with Crippen LogP contribution in [-0.2, 0) is 9.53 Å². The fraction of sp³-hybridized carbons (Fsp3) is 0.818. The highest BCUT2D eigenvalue weighted by atomic mass is 16.5. The standard InChI is InChI=1S/C11H16N2O3/c14-10-3-1-2-9(10)13-11(15)7-6-16-5-4-8(7)12-13/h7,9-10,14H,1-6H2. The van der Waals surface area contributed by atoms with E-state index >= 15 is 0 Å². The van der Waals surface area contributed by atoms with E-state index in [1.54, 1.807) is 0 Å². The normalized spacial score (nSPS) is 38.8. The van der Waals surface area contributed by atoms with Crippen molar-refractivity contribution in [3.05, 3.63) is 0 Å². The number of nitrogens with zero attached hydrogens (tertiary/aromatic N) is 2. The molecule has 0 radical (unpaired) electrons. The summed E-state index contributed by atoms with van der Waals surface area (Å²) >= 11 is 0. The Balaban J connectivity index is 1.81. The van der Waals surface area contributed by atoms with Gasteiger partial charge in [-0.15, -0.1) is 0 Å². The zero-order chi connectivity index (χ0) is 11.1. The molecule has 3 rings (SSSR count). The van der Waals surface area contributed by atoms with Gasteiger partial charge in [-0.25, -0.2) is 5.01 Å². The first-order chi connectivity index (χ1) is 7.77. The minimum Gasteiger partial charge on any atom is -0.391 e. The average molecular weight is 224 g/mol. The zero-order valence-corrected chi connectivity index (χ0v) is 9.13. The van der Waals surface area contributed by atoms with E-state index in [1.165, 1.54) is 5.01 Å². The maximum atomic E-state index is 12.1. The van der Waals surface area contributed by atoms with Gasteiger partial charge in [0.25, 0.3) is 5.91 Å². The van der Waals surface area contributed by atoms with Gasteiger partial charge in [-0.05, 0) is 19.3 Å². The highest BCUT2D eigenvalue weighted by Crippen LogP contribution is 2.30. The number of carbonyl (C=O) groups is 1. The maximum Gasteiger partial charge on any atom is 0.254 e. The highest BCUT2D eigenvalue weighted by molar-refractivity contribution is 6.08. The molecule has 1 saturated carbocycles. The summed E-state index contributed by atoms with van der Waals surface area (Å²) in [6, 6.07) is -0.106. The minimum atomic E-state index is -0.408. The first-order valence-corrected chi connectivity index (χ1v) is 5.93. The van der Waals surface area contributed by atoms with Crippen LogP contribution in [-0.4, -0.2) is 47.1 Å². The number of amides is 1. The molecule has 0 spiro atoms. The molecule has 5 heteroatoms. The van der Waals surface area contributed by atoms with Crippen molar-refractivity contribution in [3.63, 3.8) is 0 Å². The Morgan fingerprint density at radius 1 is 1.44 bits per heavy atom. The Morgan fingerprint density at radius 2 is 2.31 bits per heavy atom. The van der Waals surface area contributed by atoms with Crippen LogP contribution in [0, 0.1) is 5.92 Å². The van der Waals surface area contributed by atoms with Crippen LogP contribution in [0.4, 0.5) is 0 Å². The first kappa shape index (κ1) is 10.2. The molecule has 88 valence electrons. The summed E-state index contributed by atoms with van der Waals surface area (Å²) in [7, 11) is 0. The molecular weight excluding hydrogens is 208 g/mol. The molecule has 5 nitrogen and oxygen atoms in total. The second kappa shape index (κ2) is 3.82. The lowest BCUT2D eigenvalue weighted by molar-refractivity contribution is -0.137. The van der Waals surface area contributed by atoms with Gasteiger partial charge in [0.1, 0.15) is 5.92 Å². The lowest BCUT2D eigenvalue weighted by Crippen LogP contribution is -2.41. The van der Waals surface area contributed by atoms with Crippen LogP contribution in [0.2, 0.25) is 0 Å². The Hall–Kier alpha value is -0.940. The van der Waals surface area contributed by atoms with E-state index in [4.69, 9.17) is 4.74 Å². The van der Waals surface area contributed by atoms with Gasteiger partial charge in [-0.3, -0.25) is 4.79 Å². The van der Waals surface area contributed by atoms with Crippen LogP contribution in [0.3, 0.4) is 0 Å². The monoisotopic (exact) mass is 224 g/mol. The molecule has 1 saturated heterocycles. The molecule has 1 aliphatic carbocycles. The fourth-order valence-corrected chi connectivity index (χ4v) is 2.77. The van der Waals surface area contributed by atoms with E-state index in [2.05, 4.69) is 5.10 Å². The summed E-state index contributed by atoms with van der Waals surface area (Å²) in [6.07, 6.45) is 2.95. The van der Waals surface area contributed by atoms with Crippen LogP contribution in [0.15, 0.2) is 5.10 Å². The predicted molar refractivity (Wildman–Crippen MR) is 56.9 cm³/mol. The van der Waals surface area contributed by atoms with Crippen molar-refractivity contribution in [2.45, 2.75) is 37.8 Å². The number of hydrogen-bond acceptors (Lipinski definition) is 4. The Labute approximate surface area is 94.1 Å². The quantitative estimate of drug-likeness (QED) is 0.689. The zero-order valence-electron chi connectivity index (χ0n) is 9.13. The summed E-state index contributed by atoms with van der Waals surface area (Å²) in [6.45, 7) is 1.11. The smallest absolute Gasteiger partial charge is 0.254 e. The van der Waals surface area contributed by atoms with Gasteiger partial charge in [0, 0.05) is 6.42 Å². The third kappa shape index (κ3) is 1.46. The topological polar surface area (TPSA) is 62.1 Å². The summed E-state index contributed by atoms with van der Waals surface area (Å²) in [5, 5.41) is 15.7. The number of aliphatic hydroxyl groups excluding tert-OH is 1. The van der Waals surface area contributed by atoms with Gasteiger partial charge in [0.15, 0.2) is 0 Å². The van der Waals surface area contributed by atoms with Crippen molar-refractivity contribution < 1.29 is 14.6 Å². The van der Waals surface area contributed by atoms with E-state index in [9.17, 15) is 9.90 Å². The van der Waals surface area contributed by atoms with Crippen LogP contribution >= 0.6 is 0 Å². The molecule has 3 unspecified atom stereocenters. The highest BCUT2D eigenvalue weighted by Gasteiger charge is 2.43. The SMILES string of the molecule is O=C1C2COCCC2=NN1C1CCCC1O. The molecule has 0 aromatic carbocycles. The lowest BCUT2D eigenvalue weighted by atomic mass is 10.00. The second-order valence-corrected chi connectivity index (χ2v) is 4.72. The summed E-state index contributed by atoms with van der Waals surface area (Å²) in [5.41, 5.74) is 0.940. The van der Waals surface area contributed by atoms with Gasteiger partial charge in [-0.2, -0.15) is 5.10 Å². The fourth-order valence-electron chi connectivity index (χ4n) is 2.77. The van der Waals surface area contributed by atoms with E-state index < -0.39 is 6.10 Å². The van der Waals surface area contributed by atoms with Crippen LogP contribution < -0.4 is 0 Å². The third-order valence-electron chi connectivity index (χ3n) is 3.71. The van der Waals surface area contributed by atoms with Crippen molar-refractivity contribution in [3.8, 4) is 0 Å². The number of hydrogen-bond donors (Lipinski definition) is 1. The number of rotatable bonds is 1. The van der Waals surface area contributed by atoms with Crippen molar-refractivity contribution in [2.75, 3.05) is 13.2 Å². The van der Waals surface area contributed by atoms with Crippen molar-refractivity contribution in [2.24, 2.45) is 11.0 Å². The molecule has 16 heavy (non-hydrogen) atoms. The molecule has 1 amide bonds. The first-order valence-electron chi connectivity index (χ1n) is 5.93. The third-order valence-corrected chi connectivity index (χ3v) is 3.71. The van der Waals surface area contributed by atoms with Crippen LogP contribution in [0.25, 0.3) is 0 Å². The minimum absolute atomic E-state index is 0.0145. The molecule has 1 N–H and O–H groups in total. The Kier molecular flexibility index (Phi) is 2.44. The van der Waals surface area contributed by atoms with Crippen LogP contribution in [0.1, 0.15) is 25.7 Å². The molecule has 3 atom stereocenters. The van der Waals surface area contributed by atoms with Gasteiger partial charge in [0.2, 0.25) is 0 Å². The molecular formula is C11H16N2O3. The maximum absolute atomic E-state index is 12.1. The second-order valence-electron chi connectivity index (χ2n) is 4.72. The number of hydrazone groups is 1. The molecule has 3 aliphatic rings. The predicted octanol–water partition coefficient (Wildman–Crippen LogP) is 0.134. The molecule has 0 aromatic rings. The molecule has 2 heterocycles. The average Bonchev–Trinajstić information content (AvgIpc) is 2.84. The molecule has 0 bridgehead atoms. The summed E-state index contributed by atoms with van der Waals surface area (Å²) in [4.78, 5) is 12.1. The van der Waals surface area contributed by atoms with Crippen molar-refractivity contribution in [1.29, 1.82) is 0 Å². The molecule has 0 aromatic heterocycles. The van der Waals surface area contributed by atoms with Gasteiger partial charge >= 0.3 is 0 Å². The van der Waals surface area contributed by atoms with Gasteiger partial charge < -0.3 is 9.84 Å². The summed E-state index contributed by atoms with van der Waals surface area (Å²) in [5.74, 6) is -0.165. The Bertz CT molecular complexity index is 342.